The SMILES string of the molecule is Nc1cc(Br)nc(-c2cc(C(F)(F)F)c(F)c(OCc3ccccc3)c2F)c1N. The molecule has 0 saturated heterocycles. The zero-order chi connectivity index (χ0) is 21.3. The molecule has 0 bridgehead atoms. The van der Waals surface area contributed by atoms with Crippen molar-refractivity contribution in [2.45, 2.75) is 12.8 Å². The second-order valence-corrected chi connectivity index (χ2v) is 6.81. The Morgan fingerprint density at radius 3 is 2.28 bits per heavy atom. The Morgan fingerprint density at radius 1 is 1.00 bits per heavy atom. The van der Waals surface area contributed by atoms with Crippen molar-refractivity contribution >= 4 is 27.3 Å². The van der Waals surface area contributed by atoms with Crippen LogP contribution in [-0.2, 0) is 12.8 Å². The summed E-state index contributed by atoms with van der Waals surface area (Å²) in [6, 6.07) is 9.80. The molecule has 29 heavy (non-hydrogen) atoms. The average molecular weight is 474 g/mol. The summed E-state index contributed by atoms with van der Waals surface area (Å²) in [6.45, 7) is -0.348. The summed E-state index contributed by atoms with van der Waals surface area (Å²) in [6.07, 6.45) is -5.11. The maximum absolute atomic E-state index is 15.0. The van der Waals surface area contributed by atoms with Gasteiger partial charge in [-0.1, -0.05) is 30.3 Å². The molecule has 0 unspecified atom stereocenters. The Balaban J connectivity index is 2.19. The molecule has 0 spiro atoms. The molecule has 3 aromatic rings. The van der Waals surface area contributed by atoms with Crippen LogP contribution in [-0.4, -0.2) is 4.98 Å². The number of pyridine rings is 1. The lowest BCUT2D eigenvalue weighted by atomic mass is 10.0. The number of nitrogen functional groups attached to an aromatic ring is 2. The Morgan fingerprint density at radius 2 is 1.66 bits per heavy atom. The van der Waals surface area contributed by atoms with Crippen molar-refractivity contribution in [3.8, 4) is 17.0 Å². The molecular formula is C19H13BrF5N3O. The van der Waals surface area contributed by atoms with Crippen LogP contribution in [0.4, 0.5) is 33.3 Å². The van der Waals surface area contributed by atoms with E-state index >= 15 is 4.39 Å². The van der Waals surface area contributed by atoms with Gasteiger partial charge in [-0.25, -0.2) is 13.8 Å². The Bertz CT molecular complexity index is 1060. The number of anilines is 2. The van der Waals surface area contributed by atoms with Crippen LogP contribution in [0, 0.1) is 11.6 Å². The van der Waals surface area contributed by atoms with Crippen LogP contribution in [0.25, 0.3) is 11.3 Å². The molecular weight excluding hydrogens is 461 g/mol. The van der Waals surface area contributed by atoms with E-state index in [2.05, 4.69) is 20.9 Å². The maximum atomic E-state index is 15.0. The van der Waals surface area contributed by atoms with Gasteiger partial charge in [-0.15, -0.1) is 0 Å². The van der Waals surface area contributed by atoms with Crippen LogP contribution < -0.4 is 16.2 Å². The molecule has 1 aromatic heterocycles. The van der Waals surface area contributed by atoms with E-state index in [0.717, 1.165) is 0 Å². The van der Waals surface area contributed by atoms with Crippen LogP contribution in [0.1, 0.15) is 11.1 Å². The van der Waals surface area contributed by atoms with Gasteiger partial charge in [-0.2, -0.15) is 13.2 Å². The molecule has 0 aliphatic carbocycles. The largest absolute Gasteiger partial charge is 0.483 e. The van der Waals surface area contributed by atoms with Crippen LogP contribution in [0.5, 0.6) is 5.75 Å². The molecule has 3 rings (SSSR count). The highest BCUT2D eigenvalue weighted by atomic mass is 79.9. The van der Waals surface area contributed by atoms with Gasteiger partial charge < -0.3 is 16.2 Å². The number of hydrogen-bond donors (Lipinski definition) is 2. The first-order valence-corrected chi connectivity index (χ1v) is 8.86. The Labute approximate surface area is 170 Å². The number of benzene rings is 2. The quantitative estimate of drug-likeness (QED) is 0.384. The molecule has 4 nitrogen and oxygen atoms in total. The summed E-state index contributed by atoms with van der Waals surface area (Å²) < 4.78 is 74.9. The zero-order valence-corrected chi connectivity index (χ0v) is 16.1. The molecule has 0 atom stereocenters. The number of nitrogens with two attached hydrogens (primary N) is 2. The number of ether oxygens (including phenoxy) is 1. The number of aromatic nitrogens is 1. The third-order valence-corrected chi connectivity index (χ3v) is 4.41. The standard InChI is InChI=1S/C19H13BrF5N3O/c20-13-7-12(26)16(27)17(28-13)10-6-11(19(23,24)25)15(22)18(14(10)21)29-8-9-4-2-1-3-5-9/h1-7H,8,27H2,(H2,26,28). The first-order valence-electron chi connectivity index (χ1n) is 8.07. The molecule has 0 aliphatic heterocycles. The number of alkyl halides is 3. The molecule has 10 heteroatoms. The van der Waals surface area contributed by atoms with E-state index < -0.39 is 34.7 Å². The van der Waals surface area contributed by atoms with Gasteiger partial charge in [0, 0.05) is 5.56 Å². The van der Waals surface area contributed by atoms with Crippen molar-refractivity contribution in [2.75, 3.05) is 11.5 Å². The molecule has 0 fully saturated rings. The maximum Gasteiger partial charge on any atom is 0.419 e. The predicted octanol–water partition coefficient (Wildman–Crippen LogP) is 5.55. The minimum atomic E-state index is -5.11. The van der Waals surface area contributed by atoms with Crippen molar-refractivity contribution < 1.29 is 26.7 Å². The fraction of sp³-hybridized carbons (Fsp3) is 0.105. The van der Waals surface area contributed by atoms with Gasteiger partial charge in [0.05, 0.1) is 22.6 Å². The number of nitrogens with zero attached hydrogens (tertiary/aromatic N) is 1. The molecule has 152 valence electrons. The molecule has 2 aromatic carbocycles. The third-order valence-electron chi connectivity index (χ3n) is 4.01. The third kappa shape index (κ3) is 4.26. The second kappa shape index (κ2) is 7.86. The fourth-order valence-corrected chi connectivity index (χ4v) is 3.02. The Kier molecular flexibility index (Phi) is 5.65. The van der Waals surface area contributed by atoms with E-state index in [0.29, 0.717) is 11.6 Å². The molecule has 4 N–H and O–H groups in total. The monoisotopic (exact) mass is 473 g/mol. The van der Waals surface area contributed by atoms with Crippen molar-refractivity contribution in [3.63, 3.8) is 0 Å². The minimum Gasteiger partial charge on any atom is -0.483 e. The van der Waals surface area contributed by atoms with Gasteiger partial charge in [-0.05, 0) is 33.6 Å². The van der Waals surface area contributed by atoms with Gasteiger partial charge in [0.2, 0.25) is 0 Å². The molecule has 0 amide bonds. The highest BCUT2D eigenvalue weighted by Gasteiger charge is 2.38. The van der Waals surface area contributed by atoms with E-state index in [1.807, 2.05) is 0 Å². The minimum absolute atomic E-state index is 0.0362. The first kappa shape index (κ1) is 20.8. The van der Waals surface area contributed by atoms with Crippen molar-refractivity contribution in [1.82, 2.24) is 4.98 Å². The number of hydrogen-bond acceptors (Lipinski definition) is 4. The second-order valence-electron chi connectivity index (χ2n) is 6.00. The molecule has 0 saturated carbocycles. The highest BCUT2D eigenvalue weighted by Crippen LogP contribution is 2.43. The summed E-state index contributed by atoms with van der Waals surface area (Å²) in [5, 5.41) is 0. The zero-order valence-electron chi connectivity index (χ0n) is 14.5. The van der Waals surface area contributed by atoms with Crippen LogP contribution in [0.3, 0.4) is 0 Å². The number of rotatable bonds is 4. The van der Waals surface area contributed by atoms with E-state index in [1.54, 1.807) is 30.3 Å². The summed E-state index contributed by atoms with van der Waals surface area (Å²) in [4.78, 5) is 3.90. The van der Waals surface area contributed by atoms with E-state index in [1.165, 1.54) is 6.07 Å². The summed E-state index contributed by atoms with van der Waals surface area (Å²) in [5.41, 5.74) is 8.92. The smallest absolute Gasteiger partial charge is 0.419 e. The fourth-order valence-electron chi connectivity index (χ4n) is 2.59. The first-order chi connectivity index (χ1) is 13.6. The Hall–Kier alpha value is -2.88. The van der Waals surface area contributed by atoms with E-state index in [-0.39, 0.29) is 28.3 Å². The van der Waals surface area contributed by atoms with Crippen molar-refractivity contribution in [3.05, 3.63) is 69.8 Å². The molecule has 0 aliphatic rings. The topological polar surface area (TPSA) is 74.2 Å². The summed E-state index contributed by atoms with van der Waals surface area (Å²) >= 11 is 3.02. The van der Waals surface area contributed by atoms with Gasteiger partial charge in [0.25, 0.3) is 0 Å². The lowest BCUT2D eigenvalue weighted by Gasteiger charge is -2.17. The van der Waals surface area contributed by atoms with Crippen molar-refractivity contribution in [2.24, 2.45) is 0 Å². The van der Waals surface area contributed by atoms with Crippen LogP contribution >= 0.6 is 15.9 Å². The van der Waals surface area contributed by atoms with Gasteiger partial charge in [-0.3, -0.25) is 0 Å². The average Bonchev–Trinajstić information content (AvgIpc) is 2.65. The van der Waals surface area contributed by atoms with Crippen LogP contribution in [0.15, 0.2) is 47.1 Å². The van der Waals surface area contributed by atoms with Crippen molar-refractivity contribution in [1.29, 1.82) is 0 Å². The van der Waals surface area contributed by atoms with Crippen LogP contribution in [0.2, 0.25) is 0 Å². The predicted molar refractivity (Wildman–Crippen MR) is 102 cm³/mol. The normalized spacial score (nSPS) is 11.5. The summed E-state index contributed by atoms with van der Waals surface area (Å²) in [5.74, 6) is -4.42. The lowest BCUT2D eigenvalue weighted by Crippen LogP contribution is -2.13. The molecule has 0 radical (unpaired) electrons. The van der Waals surface area contributed by atoms with E-state index in [4.69, 9.17) is 16.2 Å². The van der Waals surface area contributed by atoms with Gasteiger partial charge in [0.1, 0.15) is 11.2 Å². The van der Waals surface area contributed by atoms with Gasteiger partial charge >= 0.3 is 6.18 Å². The van der Waals surface area contributed by atoms with E-state index in [9.17, 15) is 17.6 Å². The summed E-state index contributed by atoms with van der Waals surface area (Å²) in [7, 11) is 0. The molecule has 1 heterocycles. The number of halogens is 6. The van der Waals surface area contributed by atoms with Gasteiger partial charge in [0.15, 0.2) is 17.4 Å². The highest BCUT2D eigenvalue weighted by molar-refractivity contribution is 9.10. The lowest BCUT2D eigenvalue weighted by molar-refractivity contribution is -0.140.